The third-order valence-electron chi connectivity index (χ3n) is 8.54. The maximum atomic E-state index is 6.41. The molecule has 54 heavy (non-hydrogen) atoms. The summed E-state index contributed by atoms with van der Waals surface area (Å²) >= 11 is 0. The van der Waals surface area contributed by atoms with E-state index in [1.165, 1.54) is 0 Å². The fraction of sp³-hybridized carbons (Fsp3) is 0.0870. The van der Waals surface area contributed by atoms with Gasteiger partial charge in [-0.15, -0.1) is 0 Å². The predicted molar refractivity (Wildman–Crippen MR) is 213 cm³/mol. The van der Waals surface area contributed by atoms with Crippen molar-refractivity contribution < 1.29 is 28.4 Å². The van der Waals surface area contributed by atoms with Crippen LogP contribution in [-0.4, -0.2) is 0 Å². The van der Waals surface area contributed by atoms with Crippen molar-refractivity contribution >= 4 is 11.4 Å². The van der Waals surface area contributed by atoms with Crippen molar-refractivity contribution in [1.82, 2.24) is 0 Å². The van der Waals surface area contributed by atoms with E-state index in [4.69, 9.17) is 39.9 Å². The summed E-state index contributed by atoms with van der Waals surface area (Å²) < 4.78 is 38.2. The van der Waals surface area contributed by atoms with Crippen molar-refractivity contribution in [1.29, 1.82) is 0 Å². The number of nitrogen functional groups attached to an aromatic ring is 2. The quantitative estimate of drug-likeness (QED) is 0.107. The van der Waals surface area contributed by atoms with Crippen LogP contribution in [0.3, 0.4) is 0 Å². The fourth-order valence-electron chi connectivity index (χ4n) is 5.80. The number of hydrogen-bond donors (Lipinski definition) is 2. The highest BCUT2D eigenvalue weighted by atomic mass is 16.6. The summed E-state index contributed by atoms with van der Waals surface area (Å²) in [6.07, 6.45) is 1.55. The van der Waals surface area contributed by atoms with Crippen molar-refractivity contribution in [3.8, 4) is 69.0 Å². The molecule has 0 heterocycles. The fourth-order valence-corrected chi connectivity index (χ4v) is 5.80. The molecule has 7 rings (SSSR count). The van der Waals surface area contributed by atoms with Gasteiger partial charge < -0.3 is 39.9 Å². The molecular formula is C46H40N2O6. The highest BCUT2D eigenvalue weighted by Crippen LogP contribution is 2.44. The minimum absolute atomic E-state index is 0.500. The average molecular weight is 717 g/mol. The molecule has 8 nitrogen and oxygen atoms in total. The van der Waals surface area contributed by atoms with Crippen LogP contribution in [0, 0.1) is 0 Å². The van der Waals surface area contributed by atoms with Crippen LogP contribution in [0.2, 0.25) is 0 Å². The van der Waals surface area contributed by atoms with E-state index in [0.29, 0.717) is 80.4 Å². The molecule has 0 fully saturated rings. The number of nitrogens with two attached hydrogens (primary N) is 2. The highest BCUT2D eigenvalue weighted by Gasteiger charge is 2.17. The molecule has 0 aliphatic heterocycles. The number of aryl methyl sites for hydroxylation is 2. The standard InChI is InChI=1S/C46H40N2O6/c1-3-31-16-13-20-35(47)45(31)53-43-28-11-9-26-41(43)51-39-24-7-5-22-37(39)49-33-18-15-19-34(30-33)50-38-23-6-8-25-40(38)52-42-27-10-12-29-44(42)54-46-32(4-2)17-14-21-36(46)48/h5-30H,3-4,47-48H2,1-2H3. The lowest BCUT2D eigenvalue weighted by Crippen LogP contribution is -1.98. The third-order valence-corrected chi connectivity index (χ3v) is 8.54. The summed E-state index contributed by atoms with van der Waals surface area (Å²) in [6.45, 7) is 4.12. The summed E-state index contributed by atoms with van der Waals surface area (Å²) in [5, 5.41) is 0. The molecule has 0 aromatic heterocycles. The van der Waals surface area contributed by atoms with Gasteiger partial charge in [-0.25, -0.2) is 0 Å². The molecular weight excluding hydrogens is 677 g/mol. The summed E-state index contributed by atoms with van der Waals surface area (Å²) in [7, 11) is 0. The Kier molecular flexibility index (Phi) is 10.8. The first-order valence-corrected chi connectivity index (χ1v) is 17.8. The largest absolute Gasteiger partial charge is 0.453 e. The van der Waals surface area contributed by atoms with Gasteiger partial charge in [0.2, 0.25) is 0 Å². The number of hydrogen-bond acceptors (Lipinski definition) is 8. The molecule has 0 amide bonds. The lowest BCUT2D eigenvalue weighted by Gasteiger charge is -2.18. The molecule has 0 radical (unpaired) electrons. The van der Waals surface area contributed by atoms with E-state index in [0.717, 1.165) is 24.0 Å². The molecule has 0 unspecified atom stereocenters. The van der Waals surface area contributed by atoms with Crippen LogP contribution in [0.1, 0.15) is 25.0 Å². The van der Waals surface area contributed by atoms with Crippen LogP contribution in [0.15, 0.2) is 158 Å². The van der Waals surface area contributed by atoms with Gasteiger partial charge in [0.25, 0.3) is 0 Å². The van der Waals surface area contributed by atoms with E-state index in [1.807, 2.05) is 152 Å². The Morgan fingerprint density at radius 1 is 0.333 bits per heavy atom. The first kappa shape index (κ1) is 35.3. The minimum Gasteiger partial charge on any atom is -0.453 e. The normalized spacial score (nSPS) is 10.7. The van der Waals surface area contributed by atoms with Gasteiger partial charge in [0.15, 0.2) is 57.5 Å². The monoisotopic (exact) mass is 716 g/mol. The maximum Gasteiger partial charge on any atom is 0.170 e. The number of benzene rings is 7. The van der Waals surface area contributed by atoms with Gasteiger partial charge in [-0.05, 0) is 96.8 Å². The predicted octanol–water partition coefficient (Wildman–Crippen LogP) is 12.7. The number of ether oxygens (including phenoxy) is 6. The lowest BCUT2D eigenvalue weighted by atomic mass is 10.1. The summed E-state index contributed by atoms with van der Waals surface area (Å²) in [5.41, 5.74) is 15.7. The summed E-state index contributed by atoms with van der Waals surface area (Å²) in [6, 6.07) is 48.7. The summed E-state index contributed by atoms with van der Waals surface area (Å²) in [4.78, 5) is 0. The first-order chi connectivity index (χ1) is 26.5. The maximum absolute atomic E-state index is 6.41. The number of rotatable bonds is 14. The number of anilines is 2. The topological polar surface area (TPSA) is 107 Å². The molecule has 0 aliphatic rings. The van der Waals surface area contributed by atoms with Gasteiger partial charge >= 0.3 is 0 Å². The van der Waals surface area contributed by atoms with Gasteiger partial charge in [0.1, 0.15) is 11.5 Å². The Balaban J connectivity index is 1.09. The van der Waals surface area contributed by atoms with Crippen LogP contribution in [0.4, 0.5) is 11.4 Å². The van der Waals surface area contributed by atoms with Crippen molar-refractivity contribution in [2.75, 3.05) is 11.5 Å². The zero-order valence-corrected chi connectivity index (χ0v) is 30.0. The molecule has 7 aromatic rings. The van der Waals surface area contributed by atoms with E-state index in [1.54, 1.807) is 6.07 Å². The van der Waals surface area contributed by atoms with E-state index < -0.39 is 0 Å². The Labute approximate surface area is 315 Å². The Hall–Kier alpha value is -7.06. The van der Waals surface area contributed by atoms with Gasteiger partial charge in [0.05, 0.1) is 11.4 Å². The molecule has 0 aliphatic carbocycles. The molecule has 0 bridgehead atoms. The Morgan fingerprint density at radius 3 is 0.963 bits per heavy atom. The number of para-hydroxylation sites is 10. The SMILES string of the molecule is CCc1cccc(N)c1Oc1ccccc1Oc1ccccc1Oc1cccc(Oc2ccccc2Oc2ccccc2Oc2c(N)cccc2CC)c1. The Morgan fingerprint density at radius 2 is 0.630 bits per heavy atom. The van der Waals surface area contributed by atoms with E-state index in [9.17, 15) is 0 Å². The molecule has 0 saturated heterocycles. The van der Waals surface area contributed by atoms with E-state index in [2.05, 4.69) is 13.8 Å². The second kappa shape index (κ2) is 16.5. The van der Waals surface area contributed by atoms with Crippen LogP contribution >= 0.6 is 0 Å². The zero-order valence-electron chi connectivity index (χ0n) is 30.0. The van der Waals surface area contributed by atoms with Crippen LogP contribution in [0.25, 0.3) is 0 Å². The van der Waals surface area contributed by atoms with Gasteiger partial charge in [-0.1, -0.05) is 92.7 Å². The first-order valence-electron chi connectivity index (χ1n) is 17.8. The van der Waals surface area contributed by atoms with E-state index >= 15 is 0 Å². The highest BCUT2D eigenvalue weighted by molar-refractivity contribution is 5.61. The van der Waals surface area contributed by atoms with Crippen molar-refractivity contribution in [3.05, 3.63) is 169 Å². The van der Waals surface area contributed by atoms with Crippen LogP contribution in [0.5, 0.6) is 69.0 Å². The molecule has 0 spiro atoms. The summed E-state index contributed by atoms with van der Waals surface area (Å²) in [5.74, 6) is 6.40. The second-order valence-corrected chi connectivity index (χ2v) is 12.3. The minimum atomic E-state index is 0.500. The average Bonchev–Trinajstić information content (AvgIpc) is 3.19. The molecule has 8 heteroatoms. The Bertz CT molecular complexity index is 2210. The molecule has 0 atom stereocenters. The van der Waals surface area contributed by atoms with Gasteiger partial charge in [-0.2, -0.15) is 0 Å². The van der Waals surface area contributed by atoms with E-state index in [-0.39, 0.29) is 0 Å². The van der Waals surface area contributed by atoms with Crippen molar-refractivity contribution in [2.24, 2.45) is 0 Å². The third kappa shape index (κ3) is 8.19. The van der Waals surface area contributed by atoms with Gasteiger partial charge in [0, 0.05) is 6.07 Å². The van der Waals surface area contributed by atoms with Crippen molar-refractivity contribution in [2.45, 2.75) is 26.7 Å². The van der Waals surface area contributed by atoms with Crippen LogP contribution in [-0.2, 0) is 12.8 Å². The lowest BCUT2D eigenvalue weighted by molar-refractivity contribution is 0.388. The van der Waals surface area contributed by atoms with Gasteiger partial charge in [-0.3, -0.25) is 0 Å². The molecule has 4 N–H and O–H groups in total. The smallest absolute Gasteiger partial charge is 0.170 e. The zero-order chi connectivity index (χ0) is 37.3. The van der Waals surface area contributed by atoms with Crippen molar-refractivity contribution in [3.63, 3.8) is 0 Å². The molecule has 270 valence electrons. The van der Waals surface area contributed by atoms with Crippen LogP contribution < -0.4 is 39.9 Å². The molecule has 0 saturated carbocycles. The second-order valence-electron chi connectivity index (χ2n) is 12.3. The molecule has 7 aromatic carbocycles.